The number of ketones is 1. The van der Waals surface area contributed by atoms with E-state index in [-0.39, 0.29) is 24.1 Å². The Kier molecular flexibility index (Phi) is 6.42. The number of aryl methyl sites for hydroxylation is 2. The summed E-state index contributed by atoms with van der Waals surface area (Å²) in [5.41, 5.74) is 2.76. The van der Waals surface area contributed by atoms with Crippen molar-refractivity contribution in [3.63, 3.8) is 0 Å². The van der Waals surface area contributed by atoms with Crippen molar-refractivity contribution in [2.45, 2.75) is 18.7 Å². The number of carbonyl (C=O) groups excluding carboxylic acids is 2. The van der Waals surface area contributed by atoms with Crippen molar-refractivity contribution in [3.8, 4) is 0 Å². The SMILES string of the molecule is Cc1cc(SCC(=O)OCC(=O)c2ccccc2)c(C)cc1Br. The Hall–Kier alpha value is -1.59. The van der Waals surface area contributed by atoms with Gasteiger partial charge in [-0.15, -0.1) is 11.8 Å². The molecule has 0 aromatic heterocycles. The van der Waals surface area contributed by atoms with Gasteiger partial charge in [0.2, 0.25) is 0 Å². The average Bonchev–Trinajstić information content (AvgIpc) is 2.55. The Balaban J connectivity index is 1.84. The molecule has 0 amide bonds. The predicted octanol–water partition coefficient (Wildman–Crippen LogP) is 4.58. The number of hydrogen-bond acceptors (Lipinski definition) is 4. The lowest BCUT2D eigenvalue weighted by atomic mass is 10.1. The Morgan fingerprint density at radius 2 is 1.78 bits per heavy atom. The monoisotopic (exact) mass is 392 g/mol. The first-order valence-electron chi connectivity index (χ1n) is 7.11. The number of carbonyl (C=O) groups is 2. The van der Waals surface area contributed by atoms with Crippen LogP contribution >= 0.6 is 27.7 Å². The second-order valence-corrected chi connectivity index (χ2v) is 6.98. The van der Waals surface area contributed by atoms with Crippen LogP contribution < -0.4 is 0 Å². The van der Waals surface area contributed by atoms with E-state index in [1.54, 1.807) is 24.3 Å². The molecular formula is C18H17BrO3S. The van der Waals surface area contributed by atoms with Gasteiger partial charge in [0, 0.05) is 14.9 Å². The minimum absolute atomic E-state index is 0.185. The molecule has 2 aromatic rings. The largest absolute Gasteiger partial charge is 0.457 e. The summed E-state index contributed by atoms with van der Waals surface area (Å²) in [6.07, 6.45) is 0. The number of hydrogen-bond donors (Lipinski definition) is 0. The predicted molar refractivity (Wildman–Crippen MR) is 96.1 cm³/mol. The van der Waals surface area contributed by atoms with Gasteiger partial charge in [-0.1, -0.05) is 46.3 Å². The van der Waals surface area contributed by atoms with Gasteiger partial charge in [0.15, 0.2) is 12.4 Å². The Morgan fingerprint density at radius 1 is 1.09 bits per heavy atom. The van der Waals surface area contributed by atoms with Gasteiger partial charge in [-0.05, 0) is 37.1 Å². The Bertz CT molecular complexity index is 714. The van der Waals surface area contributed by atoms with Gasteiger partial charge in [0.05, 0.1) is 5.75 Å². The summed E-state index contributed by atoms with van der Waals surface area (Å²) in [6, 6.07) is 12.9. The maximum Gasteiger partial charge on any atom is 0.316 e. The van der Waals surface area contributed by atoms with Crippen molar-refractivity contribution >= 4 is 39.4 Å². The lowest BCUT2D eigenvalue weighted by Crippen LogP contribution is -2.15. The molecular weight excluding hydrogens is 376 g/mol. The van der Waals surface area contributed by atoms with Crippen LogP contribution in [0.25, 0.3) is 0 Å². The smallest absolute Gasteiger partial charge is 0.316 e. The molecule has 0 bridgehead atoms. The molecule has 0 saturated carbocycles. The fraction of sp³-hybridized carbons (Fsp3) is 0.222. The minimum atomic E-state index is -0.390. The van der Waals surface area contributed by atoms with Crippen LogP contribution in [0.1, 0.15) is 21.5 Å². The zero-order valence-electron chi connectivity index (χ0n) is 13.0. The van der Waals surface area contributed by atoms with Crippen LogP contribution in [0, 0.1) is 13.8 Å². The Labute approximate surface area is 148 Å². The third kappa shape index (κ3) is 5.22. The van der Waals surface area contributed by atoms with E-state index in [0.29, 0.717) is 5.56 Å². The molecule has 2 rings (SSSR count). The van der Waals surface area contributed by atoms with Crippen molar-refractivity contribution in [2.75, 3.05) is 12.4 Å². The molecule has 0 unspecified atom stereocenters. The van der Waals surface area contributed by atoms with Gasteiger partial charge in [-0.2, -0.15) is 0 Å². The number of halogens is 1. The van der Waals surface area contributed by atoms with Crippen LogP contribution in [0.4, 0.5) is 0 Å². The van der Waals surface area contributed by atoms with Crippen LogP contribution in [-0.2, 0) is 9.53 Å². The quantitative estimate of drug-likeness (QED) is 0.409. The topological polar surface area (TPSA) is 43.4 Å². The molecule has 5 heteroatoms. The van der Waals surface area contributed by atoms with Gasteiger partial charge in [-0.3, -0.25) is 9.59 Å². The normalized spacial score (nSPS) is 10.4. The van der Waals surface area contributed by atoms with Gasteiger partial charge < -0.3 is 4.74 Å². The molecule has 0 heterocycles. The molecule has 0 N–H and O–H groups in total. The van der Waals surface area contributed by atoms with Crippen LogP contribution in [0.3, 0.4) is 0 Å². The fourth-order valence-electron chi connectivity index (χ4n) is 1.94. The van der Waals surface area contributed by atoms with E-state index in [1.807, 2.05) is 32.0 Å². The minimum Gasteiger partial charge on any atom is -0.457 e. The second kappa shape index (κ2) is 8.31. The molecule has 2 aromatic carbocycles. The van der Waals surface area contributed by atoms with Crippen LogP contribution in [0.5, 0.6) is 0 Å². The fourth-order valence-corrected chi connectivity index (χ4v) is 3.30. The molecule has 0 spiro atoms. The van der Waals surface area contributed by atoms with Gasteiger partial charge in [0.25, 0.3) is 0 Å². The second-order valence-electron chi connectivity index (χ2n) is 5.11. The highest BCUT2D eigenvalue weighted by molar-refractivity contribution is 9.10. The first-order chi connectivity index (χ1) is 11.0. The third-order valence-corrected chi connectivity index (χ3v) is 5.25. The summed E-state index contributed by atoms with van der Waals surface area (Å²) in [7, 11) is 0. The Morgan fingerprint density at radius 3 is 2.48 bits per heavy atom. The molecule has 0 saturated heterocycles. The van der Waals surface area contributed by atoms with Crippen LogP contribution in [-0.4, -0.2) is 24.1 Å². The van der Waals surface area contributed by atoms with E-state index < -0.39 is 0 Å². The number of thioether (sulfide) groups is 1. The highest BCUT2D eigenvalue weighted by Crippen LogP contribution is 2.28. The molecule has 0 radical (unpaired) electrons. The van der Waals surface area contributed by atoms with Crippen molar-refractivity contribution in [1.29, 1.82) is 0 Å². The molecule has 0 aliphatic heterocycles. The molecule has 3 nitrogen and oxygen atoms in total. The number of ether oxygens (including phenoxy) is 1. The highest BCUT2D eigenvalue weighted by Gasteiger charge is 2.11. The standard InChI is InChI=1S/C18H17BrO3S/c1-12-9-17(13(2)8-15(12)19)23-11-18(21)22-10-16(20)14-6-4-3-5-7-14/h3-9H,10-11H2,1-2H3. The van der Waals surface area contributed by atoms with E-state index in [2.05, 4.69) is 15.9 Å². The summed E-state index contributed by atoms with van der Waals surface area (Å²) in [6.45, 7) is 3.78. The lowest BCUT2D eigenvalue weighted by molar-refractivity contribution is -0.139. The zero-order valence-corrected chi connectivity index (χ0v) is 15.4. The molecule has 0 aliphatic carbocycles. The summed E-state index contributed by atoms with van der Waals surface area (Å²) in [5.74, 6) is -0.400. The van der Waals surface area contributed by atoms with Crippen molar-refractivity contribution in [1.82, 2.24) is 0 Å². The van der Waals surface area contributed by atoms with E-state index in [1.165, 1.54) is 11.8 Å². The zero-order chi connectivity index (χ0) is 16.8. The average molecular weight is 393 g/mol. The van der Waals surface area contributed by atoms with E-state index in [9.17, 15) is 9.59 Å². The van der Waals surface area contributed by atoms with Crippen molar-refractivity contribution in [2.24, 2.45) is 0 Å². The maximum atomic E-state index is 11.9. The van der Waals surface area contributed by atoms with Gasteiger partial charge in [-0.25, -0.2) is 0 Å². The number of benzene rings is 2. The van der Waals surface area contributed by atoms with Crippen molar-refractivity contribution < 1.29 is 14.3 Å². The molecule has 0 aliphatic rings. The van der Waals surface area contributed by atoms with E-state index in [4.69, 9.17) is 4.74 Å². The summed E-state index contributed by atoms with van der Waals surface area (Å²) >= 11 is 4.90. The van der Waals surface area contributed by atoms with Gasteiger partial charge in [0.1, 0.15) is 0 Å². The van der Waals surface area contributed by atoms with Crippen LogP contribution in [0.2, 0.25) is 0 Å². The third-order valence-electron chi connectivity index (χ3n) is 3.26. The van der Waals surface area contributed by atoms with Crippen LogP contribution in [0.15, 0.2) is 51.8 Å². The van der Waals surface area contributed by atoms with Gasteiger partial charge >= 0.3 is 5.97 Å². The summed E-state index contributed by atoms with van der Waals surface area (Å²) in [4.78, 5) is 24.7. The lowest BCUT2D eigenvalue weighted by Gasteiger charge is -2.09. The summed E-state index contributed by atoms with van der Waals surface area (Å²) < 4.78 is 6.11. The summed E-state index contributed by atoms with van der Waals surface area (Å²) in [5, 5.41) is 0. The molecule has 0 fully saturated rings. The molecule has 23 heavy (non-hydrogen) atoms. The first kappa shape index (κ1) is 17.8. The molecule has 120 valence electrons. The maximum absolute atomic E-state index is 11.9. The number of Topliss-reactive ketones (excluding diaryl/α,β-unsaturated/α-hetero) is 1. The molecule has 0 atom stereocenters. The highest BCUT2D eigenvalue weighted by atomic mass is 79.9. The van der Waals surface area contributed by atoms with E-state index in [0.717, 1.165) is 20.5 Å². The first-order valence-corrected chi connectivity index (χ1v) is 8.88. The number of rotatable bonds is 6. The number of esters is 1. The van der Waals surface area contributed by atoms with Crippen molar-refractivity contribution in [3.05, 3.63) is 63.6 Å². The van der Waals surface area contributed by atoms with E-state index >= 15 is 0 Å².